The van der Waals surface area contributed by atoms with Crippen LogP contribution in [0.25, 0.3) is 0 Å². The van der Waals surface area contributed by atoms with Gasteiger partial charge in [0.25, 0.3) is 0 Å². The zero-order chi connectivity index (χ0) is 14.7. The summed E-state index contributed by atoms with van der Waals surface area (Å²) in [5, 5.41) is 0. The van der Waals surface area contributed by atoms with Crippen LogP contribution in [0.3, 0.4) is 0 Å². The lowest BCUT2D eigenvalue weighted by molar-refractivity contribution is 0.510. The van der Waals surface area contributed by atoms with E-state index in [2.05, 4.69) is 44.0 Å². The maximum Gasteiger partial charge on any atom is 0.128 e. The molecule has 1 atom stereocenters. The van der Waals surface area contributed by atoms with Crippen LogP contribution in [0.15, 0.2) is 42.9 Å². The molecule has 21 heavy (non-hydrogen) atoms. The molecule has 4 heteroatoms. The van der Waals surface area contributed by atoms with Crippen molar-refractivity contribution in [2.45, 2.75) is 18.8 Å². The minimum atomic E-state index is 0.577. The first kappa shape index (κ1) is 13.9. The van der Waals surface area contributed by atoms with Crippen molar-refractivity contribution < 1.29 is 0 Å². The Morgan fingerprint density at radius 1 is 1.14 bits per heavy atom. The Morgan fingerprint density at radius 3 is 2.71 bits per heavy atom. The van der Waals surface area contributed by atoms with Crippen LogP contribution in [0.1, 0.15) is 24.3 Å². The number of nitrogens with zero attached hydrogens (tertiary/aromatic N) is 4. The summed E-state index contributed by atoms with van der Waals surface area (Å²) in [6.45, 7) is 2.20. The quantitative estimate of drug-likeness (QED) is 0.866. The van der Waals surface area contributed by atoms with Gasteiger partial charge in [0.1, 0.15) is 5.82 Å². The fraction of sp³-hybridized carbons (Fsp3) is 0.412. The van der Waals surface area contributed by atoms with Crippen LogP contribution in [0.5, 0.6) is 0 Å². The van der Waals surface area contributed by atoms with Crippen LogP contribution in [0.2, 0.25) is 0 Å². The molecule has 3 heterocycles. The summed E-state index contributed by atoms with van der Waals surface area (Å²) in [5.74, 6) is 1.61. The third-order valence-corrected chi connectivity index (χ3v) is 4.15. The van der Waals surface area contributed by atoms with E-state index in [9.17, 15) is 0 Å². The first-order valence-electron chi connectivity index (χ1n) is 7.52. The van der Waals surface area contributed by atoms with Gasteiger partial charge in [-0.05, 0) is 42.7 Å². The molecule has 1 saturated heterocycles. The predicted molar refractivity (Wildman–Crippen MR) is 87.0 cm³/mol. The molecule has 1 aliphatic rings. The van der Waals surface area contributed by atoms with E-state index in [0.717, 1.165) is 18.9 Å². The molecule has 110 valence electrons. The third kappa shape index (κ3) is 3.15. The molecule has 1 aliphatic heterocycles. The van der Waals surface area contributed by atoms with Crippen molar-refractivity contribution in [3.05, 3.63) is 48.4 Å². The summed E-state index contributed by atoms with van der Waals surface area (Å²) < 4.78 is 0. The van der Waals surface area contributed by atoms with E-state index in [-0.39, 0.29) is 0 Å². The van der Waals surface area contributed by atoms with Crippen molar-refractivity contribution in [1.82, 2.24) is 9.97 Å². The first-order valence-corrected chi connectivity index (χ1v) is 7.52. The summed E-state index contributed by atoms with van der Waals surface area (Å²) in [4.78, 5) is 13.0. The first-order chi connectivity index (χ1) is 10.2. The topological polar surface area (TPSA) is 32.3 Å². The van der Waals surface area contributed by atoms with Crippen molar-refractivity contribution >= 4 is 11.5 Å². The summed E-state index contributed by atoms with van der Waals surface area (Å²) in [6, 6.07) is 8.58. The van der Waals surface area contributed by atoms with Gasteiger partial charge in [-0.2, -0.15) is 0 Å². The van der Waals surface area contributed by atoms with E-state index in [1.165, 1.54) is 24.1 Å². The highest BCUT2D eigenvalue weighted by atomic mass is 15.1. The van der Waals surface area contributed by atoms with Crippen LogP contribution in [-0.4, -0.2) is 37.2 Å². The molecule has 0 spiro atoms. The molecule has 0 radical (unpaired) electrons. The zero-order valence-corrected chi connectivity index (χ0v) is 12.7. The molecule has 0 aromatic carbocycles. The second kappa shape index (κ2) is 6.12. The smallest absolute Gasteiger partial charge is 0.128 e. The maximum absolute atomic E-state index is 4.41. The Labute approximate surface area is 126 Å². The summed E-state index contributed by atoms with van der Waals surface area (Å²) in [7, 11) is 4.08. The highest BCUT2D eigenvalue weighted by Crippen LogP contribution is 2.30. The molecule has 0 N–H and O–H groups in total. The average molecular weight is 282 g/mol. The highest BCUT2D eigenvalue weighted by Gasteiger charge is 2.22. The fourth-order valence-electron chi connectivity index (χ4n) is 2.97. The molecule has 1 unspecified atom stereocenters. The minimum Gasteiger partial charge on any atom is -0.371 e. The lowest BCUT2D eigenvalue weighted by Crippen LogP contribution is -2.34. The van der Waals surface area contributed by atoms with Gasteiger partial charge in [-0.3, -0.25) is 4.98 Å². The van der Waals surface area contributed by atoms with Crippen molar-refractivity contribution in [3.63, 3.8) is 0 Å². The van der Waals surface area contributed by atoms with Crippen LogP contribution < -0.4 is 9.80 Å². The molecule has 2 aromatic rings. The van der Waals surface area contributed by atoms with E-state index in [1.807, 2.05) is 32.7 Å². The number of rotatable bonds is 3. The van der Waals surface area contributed by atoms with Crippen molar-refractivity contribution in [2.75, 3.05) is 37.0 Å². The van der Waals surface area contributed by atoms with Gasteiger partial charge >= 0.3 is 0 Å². The normalized spacial score (nSPS) is 18.6. The van der Waals surface area contributed by atoms with Crippen LogP contribution in [-0.2, 0) is 0 Å². The lowest BCUT2D eigenvalue weighted by atomic mass is 9.91. The van der Waals surface area contributed by atoms with Crippen molar-refractivity contribution in [1.29, 1.82) is 0 Å². The van der Waals surface area contributed by atoms with Gasteiger partial charge in [0.2, 0.25) is 0 Å². The van der Waals surface area contributed by atoms with E-state index in [4.69, 9.17) is 0 Å². The SMILES string of the molecule is CN(C)c1cc(C2CCCN(c3ccncc3)C2)ccn1. The Morgan fingerprint density at radius 2 is 1.95 bits per heavy atom. The number of piperidine rings is 1. The molecule has 0 amide bonds. The molecular weight excluding hydrogens is 260 g/mol. The van der Waals surface area contributed by atoms with Gasteiger partial charge in [0.15, 0.2) is 0 Å². The van der Waals surface area contributed by atoms with E-state index >= 15 is 0 Å². The van der Waals surface area contributed by atoms with Crippen LogP contribution in [0, 0.1) is 0 Å². The highest BCUT2D eigenvalue weighted by molar-refractivity contribution is 5.47. The monoisotopic (exact) mass is 282 g/mol. The van der Waals surface area contributed by atoms with E-state index in [1.54, 1.807) is 0 Å². The van der Waals surface area contributed by atoms with Crippen LogP contribution in [0.4, 0.5) is 11.5 Å². The minimum absolute atomic E-state index is 0.577. The standard InChI is InChI=1S/C17H22N4/c1-20(2)17-12-14(5-10-19-17)15-4-3-11-21(13-15)16-6-8-18-9-7-16/h5-10,12,15H,3-4,11,13H2,1-2H3. The number of pyridine rings is 2. The van der Waals surface area contributed by atoms with Crippen LogP contribution >= 0.6 is 0 Å². The lowest BCUT2D eigenvalue weighted by Gasteiger charge is -2.34. The maximum atomic E-state index is 4.41. The summed E-state index contributed by atoms with van der Waals surface area (Å²) in [6.07, 6.45) is 8.15. The number of hydrogen-bond acceptors (Lipinski definition) is 4. The van der Waals surface area contributed by atoms with Gasteiger partial charge in [-0.25, -0.2) is 4.98 Å². The number of aromatic nitrogens is 2. The Hall–Kier alpha value is -2.10. The molecular formula is C17H22N4. The second-order valence-corrected chi connectivity index (χ2v) is 5.83. The summed E-state index contributed by atoms with van der Waals surface area (Å²) in [5.41, 5.74) is 2.67. The van der Waals surface area contributed by atoms with E-state index < -0.39 is 0 Å². The van der Waals surface area contributed by atoms with E-state index in [0.29, 0.717) is 5.92 Å². The molecule has 1 fully saturated rings. The Balaban J connectivity index is 1.78. The second-order valence-electron chi connectivity index (χ2n) is 5.83. The molecule has 0 bridgehead atoms. The van der Waals surface area contributed by atoms with Gasteiger partial charge in [0.05, 0.1) is 0 Å². The average Bonchev–Trinajstić information content (AvgIpc) is 2.56. The molecule has 3 rings (SSSR count). The van der Waals surface area contributed by atoms with Gasteiger partial charge in [0, 0.05) is 57.4 Å². The molecule has 2 aromatic heterocycles. The molecule has 4 nitrogen and oxygen atoms in total. The zero-order valence-electron chi connectivity index (χ0n) is 12.7. The van der Waals surface area contributed by atoms with Gasteiger partial charge < -0.3 is 9.80 Å². The van der Waals surface area contributed by atoms with Crippen molar-refractivity contribution in [2.24, 2.45) is 0 Å². The Kier molecular flexibility index (Phi) is 4.04. The number of hydrogen-bond donors (Lipinski definition) is 0. The summed E-state index contributed by atoms with van der Waals surface area (Å²) >= 11 is 0. The third-order valence-electron chi connectivity index (χ3n) is 4.15. The predicted octanol–water partition coefficient (Wildman–Crippen LogP) is 2.93. The largest absolute Gasteiger partial charge is 0.371 e. The molecule has 0 saturated carbocycles. The van der Waals surface area contributed by atoms with Gasteiger partial charge in [-0.15, -0.1) is 0 Å². The molecule has 0 aliphatic carbocycles. The number of anilines is 2. The Bertz CT molecular complexity index is 582. The van der Waals surface area contributed by atoms with Crippen molar-refractivity contribution in [3.8, 4) is 0 Å². The fourth-order valence-corrected chi connectivity index (χ4v) is 2.97. The van der Waals surface area contributed by atoms with Gasteiger partial charge in [-0.1, -0.05) is 0 Å².